The molecular formula is C13H9Cl2F2O3PS. The molecule has 0 saturated heterocycles. The summed E-state index contributed by atoms with van der Waals surface area (Å²) in [5.74, 6) is -8.10. The van der Waals surface area contributed by atoms with Crippen molar-refractivity contribution in [3.05, 3.63) is 47.1 Å². The van der Waals surface area contributed by atoms with Gasteiger partial charge in [0.2, 0.25) is 5.91 Å². The lowest BCUT2D eigenvalue weighted by Gasteiger charge is -2.10. The lowest BCUT2D eigenvalue weighted by atomic mass is 10.1. The predicted octanol–water partition coefficient (Wildman–Crippen LogP) is 6.02. The summed E-state index contributed by atoms with van der Waals surface area (Å²) in [6.07, 6.45) is 1.40. The number of alkyl halides is 1. The number of hydrogen-bond donors (Lipinski definition) is 0. The van der Waals surface area contributed by atoms with Gasteiger partial charge in [-0.1, -0.05) is 18.7 Å². The minimum absolute atomic E-state index is 0.0116. The molecule has 3 nitrogen and oxygen atoms in total. The van der Waals surface area contributed by atoms with E-state index in [2.05, 4.69) is 6.58 Å². The van der Waals surface area contributed by atoms with Crippen molar-refractivity contribution in [2.24, 2.45) is 0 Å². The first kappa shape index (κ1) is 17.4. The maximum Gasteiger partial charge on any atom is 0.348 e. The Hall–Kier alpha value is -0.940. The number of halogens is 4. The van der Waals surface area contributed by atoms with Crippen LogP contribution >= 0.6 is 39.7 Å². The smallest absolute Gasteiger partial charge is 0.348 e. The van der Waals surface area contributed by atoms with Crippen molar-refractivity contribution in [1.29, 1.82) is 0 Å². The van der Waals surface area contributed by atoms with Crippen LogP contribution < -0.4 is 0 Å². The van der Waals surface area contributed by atoms with E-state index in [1.165, 1.54) is 18.2 Å². The quantitative estimate of drug-likeness (QED) is 0.359. The van der Waals surface area contributed by atoms with Crippen LogP contribution in [-0.2, 0) is 9.30 Å². The van der Waals surface area contributed by atoms with Gasteiger partial charge in [0.05, 0.1) is 0 Å². The highest BCUT2D eigenvalue weighted by Crippen LogP contribution is 2.68. The van der Waals surface area contributed by atoms with Crippen LogP contribution in [0.15, 0.2) is 30.9 Å². The molecule has 0 aliphatic carbocycles. The first-order valence-electron chi connectivity index (χ1n) is 5.88. The van der Waals surface area contributed by atoms with Crippen LogP contribution in [0.2, 0.25) is 0 Å². The highest BCUT2D eigenvalue weighted by atomic mass is 35.9. The molecule has 1 atom stereocenters. The topological polar surface area (TPSA) is 43.4 Å². The maximum atomic E-state index is 14.3. The molecule has 0 saturated carbocycles. The van der Waals surface area contributed by atoms with Gasteiger partial charge in [-0.25, -0.2) is 13.6 Å². The summed E-state index contributed by atoms with van der Waals surface area (Å²) in [4.78, 5) is 11.9. The first-order valence-corrected chi connectivity index (χ1v) is 10.3. The second kappa shape index (κ2) is 6.67. The van der Waals surface area contributed by atoms with Gasteiger partial charge in [0.25, 0.3) is 5.85 Å². The molecule has 1 heterocycles. The number of thiophene rings is 1. The third-order valence-electron chi connectivity index (χ3n) is 2.72. The first-order chi connectivity index (χ1) is 10.3. The summed E-state index contributed by atoms with van der Waals surface area (Å²) < 4.78 is 44.8. The Kier molecular flexibility index (Phi) is 5.28. The predicted molar refractivity (Wildman–Crippen MR) is 85.4 cm³/mol. The fourth-order valence-corrected chi connectivity index (χ4v) is 3.85. The SMILES string of the molecule is C=CCOC(=O)c1cc2c(F)c(C(F)P(=O)(Cl)Cl)ccc2s1. The van der Waals surface area contributed by atoms with Gasteiger partial charge in [0.1, 0.15) is 17.3 Å². The van der Waals surface area contributed by atoms with E-state index in [9.17, 15) is 18.1 Å². The van der Waals surface area contributed by atoms with E-state index in [0.29, 0.717) is 4.70 Å². The Morgan fingerprint density at radius 3 is 2.77 bits per heavy atom. The minimum Gasteiger partial charge on any atom is -0.457 e. The molecule has 2 aromatic rings. The van der Waals surface area contributed by atoms with Gasteiger partial charge >= 0.3 is 5.97 Å². The van der Waals surface area contributed by atoms with Crippen LogP contribution in [-0.4, -0.2) is 12.6 Å². The van der Waals surface area contributed by atoms with Crippen LogP contribution in [0.1, 0.15) is 21.1 Å². The average Bonchev–Trinajstić information content (AvgIpc) is 2.88. The molecule has 9 heteroatoms. The average molecular weight is 385 g/mol. The molecule has 0 aliphatic rings. The largest absolute Gasteiger partial charge is 0.457 e. The molecule has 0 bridgehead atoms. The van der Waals surface area contributed by atoms with Crippen molar-refractivity contribution in [2.75, 3.05) is 6.61 Å². The fraction of sp³-hybridized carbons (Fsp3) is 0.154. The Morgan fingerprint density at radius 1 is 1.50 bits per heavy atom. The summed E-state index contributed by atoms with van der Waals surface area (Å²) in [6, 6.07) is 3.75. The zero-order valence-corrected chi connectivity index (χ0v) is 14.1. The second-order valence-electron chi connectivity index (χ2n) is 4.22. The maximum absolute atomic E-state index is 14.3. The monoisotopic (exact) mass is 384 g/mol. The number of esters is 1. The van der Waals surface area contributed by atoms with E-state index < -0.39 is 29.1 Å². The number of ether oxygens (including phenoxy) is 1. The molecule has 0 spiro atoms. The molecule has 1 aromatic heterocycles. The van der Waals surface area contributed by atoms with Gasteiger partial charge in [0, 0.05) is 15.6 Å². The molecule has 0 aliphatic heterocycles. The Balaban J connectivity index is 2.46. The number of carbonyl (C=O) groups is 1. The lowest BCUT2D eigenvalue weighted by Crippen LogP contribution is -2.02. The van der Waals surface area contributed by atoms with Crippen molar-refractivity contribution in [3.8, 4) is 0 Å². The molecular weight excluding hydrogens is 376 g/mol. The van der Waals surface area contributed by atoms with Gasteiger partial charge < -0.3 is 4.74 Å². The van der Waals surface area contributed by atoms with Crippen molar-refractivity contribution >= 4 is 55.7 Å². The van der Waals surface area contributed by atoms with E-state index in [0.717, 1.165) is 17.4 Å². The van der Waals surface area contributed by atoms with Gasteiger partial charge in [0.15, 0.2) is 0 Å². The minimum atomic E-state index is -4.17. The zero-order valence-electron chi connectivity index (χ0n) is 10.9. The summed E-state index contributed by atoms with van der Waals surface area (Å²) in [6.45, 7) is 3.43. The second-order valence-corrected chi connectivity index (χ2v) is 10.3. The van der Waals surface area contributed by atoms with Crippen LogP contribution in [0.25, 0.3) is 10.1 Å². The number of rotatable bonds is 5. The van der Waals surface area contributed by atoms with Crippen molar-refractivity contribution in [2.45, 2.75) is 5.91 Å². The summed E-state index contributed by atoms with van der Waals surface area (Å²) >= 11 is 11.5. The zero-order chi connectivity index (χ0) is 16.5. The van der Waals surface area contributed by atoms with Crippen LogP contribution in [0.4, 0.5) is 8.78 Å². The molecule has 22 heavy (non-hydrogen) atoms. The molecule has 0 radical (unpaired) electrons. The van der Waals surface area contributed by atoms with Gasteiger partial charge in [-0.2, -0.15) is 0 Å². The third kappa shape index (κ3) is 3.51. The van der Waals surface area contributed by atoms with Gasteiger partial charge in [-0.3, -0.25) is 4.57 Å². The number of hydrogen-bond acceptors (Lipinski definition) is 4. The van der Waals surface area contributed by atoms with Crippen molar-refractivity contribution in [3.63, 3.8) is 0 Å². The van der Waals surface area contributed by atoms with Crippen LogP contribution in [0, 0.1) is 5.82 Å². The number of carbonyl (C=O) groups excluding carboxylic acids is 1. The Morgan fingerprint density at radius 2 is 2.18 bits per heavy atom. The van der Waals surface area contributed by atoms with Crippen molar-refractivity contribution < 1.29 is 22.9 Å². The molecule has 1 unspecified atom stereocenters. The van der Waals surface area contributed by atoms with Crippen LogP contribution in [0.5, 0.6) is 0 Å². The fourth-order valence-electron chi connectivity index (χ4n) is 1.75. The van der Waals surface area contributed by atoms with E-state index in [1.807, 2.05) is 0 Å². The summed E-state index contributed by atoms with van der Waals surface area (Å²) in [7, 11) is 0. The molecule has 2 rings (SSSR count). The Labute approximate surface area is 138 Å². The normalized spacial score (nSPS) is 13.1. The van der Waals surface area contributed by atoms with Gasteiger partial charge in [-0.05, 0) is 34.6 Å². The number of benzene rings is 1. The standard InChI is InChI=1S/C13H9Cl2F2O3PS/c1-2-5-20-13(18)10-6-8-9(22-10)4-3-7(11(8)16)12(17)21(14,15)19/h2-4,6,12H,1,5H2. The van der Waals surface area contributed by atoms with E-state index >= 15 is 0 Å². The third-order valence-corrected chi connectivity index (χ3v) is 5.63. The van der Waals surface area contributed by atoms with Crippen LogP contribution in [0.3, 0.4) is 0 Å². The summed E-state index contributed by atoms with van der Waals surface area (Å²) in [5.41, 5.74) is -0.510. The van der Waals surface area contributed by atoms with Gasteiger partial charge in [-0.15, -0.1) is 11.3 Å². The molecule has 0 amide bonds. The van der Waals surface area contributed by atoms with E-state index in [1.54, 1.807) is 0 Å². The Bertz CT molecular complexity index is 787. The highest BCUT2D eigenvalue weighted by molar-refractivity contribution is 8.08. The highest BCUT2D eigenvalue weighted by Gasteiger charge is 2.33. The van der Waals surface area contributed by atoms with Crippen molar-refractivity contribution in [1.82, 2.24) is 0 Å². The summed E-state index contributed by atoms with van der Waals surface area (Å²) in [5, 5.41) is 0.0116. The lowest BCUT2D eigenvalue weighted by molar-refractivity contribution is 0.0555. The molecule has 1 aromatic carbocycles. The molecule has 0 N–H and O–H groups in total. The molecule has 118 valence electrons. The van der Waals surface area contributed by atoms with E-state index in [4.69, 9.17) is 27.2 Å². The molecule has 0 fully saturated rings. The van der Waals surface area contributed by atoms with E-state index in [-0.39, 0.29) is 16.9 Å². The number of fused-ring (bicyclic) bond motifs is 1.